The topological polar surface area (TPSA) is 56.1 Å². The molecule has 0 radical (unpaired) electrons. The highest BCUT2D eigenvalue weighted by molar-refractivity contribution is 8.13. The zero-order valence-corrected chi connectivity index (χ0v) is 11.1. The van der Waals surface area contributed by atoms with E-state index in [0.29, 0.717) is 10.4 Å². The Morgan fingerprint density at radius 2 is 2.18 bits per heavy atom. The van der Waals surface area contributed by atoms with Gasteiger partial charge in [0.05, 0.1) is 4.88 Å². The number of rotatable bonds is 3. The summed E-state index contributed by atoms with van der Waals surface area (Å²) in [4.78, 5) is 12.5. The molecule has 0 saturated carbocycles. The van der Waals surface area contributed by atoms with Gasteiger partial charge < -0.3 is 4.57 Å². The highest BCUT2D eigenvalue weighted by Gasteiger charge is 2.20. The third kappa shape index (κ3) is 2.43. The van der Waals surface area contributed by atoms with Crippen LogP contribution in [0.3, 0.4) is 0 Å². The molecule has 2 aromatic heterocycles. The Balaban J connectivity index is 2.46. The number of hydrogen-bond donors (Lipinski definition) is 0. The zero-order valence-electron chi connectivity index (χ0n) is 8.75. The Morgan fingerprint density at radius 3 is 2.65 bits per heavy atom. The van der Waals surface area contributed by atoms with E-state index in [1.54, 1.807) is 17.5 Å². The fourth-order valence-corrected chi connectivity index (χ4v) is 3.27. The molecule has 17 heavy (non-hydrogen) atoms. The Bertz CT molecular complexity index is 656. The van der Waals surface area contributed by atoms with Gasteiger partial charge in [-0.15, -0.1) is 11.3 Å². The molecular weight excluding hydrogens is 282 g/mol. The van der Waals surface area contributed by atoms with E-state index in [1.165, 1.54) is 35.2 Å². The minimum absolute atomic E-state index is 0.0842. The summed E-state index contributed by atoms with van der Waals surface area (Å²) < 4.78 is 23.7. The number of thiophene rings is 1. The lowest BCUT2D eigenvalue weighted by Crippen LogP contribution is -1.97. The molecule has 2 rings (SSSR count). The van der Waals surface area contributed by atoms with E-state index in [0.717, 1.165) is 0 Å². The Kier molecular flexibility index (Phi) is 3.11. The van der Waals surface area contributed by atoms with Crippen molar-refractivity contribution in [1.82, 2.24) is 4.57 Å². The van der Waals surface area contributed by atoms with Crippen LogP contribution in [0.4, 0.5) is 0 Å². The van der Waals surface area contributed by atoms with Gasteiger partial charge in [0.1, 0.15) is 0 Å². The van der Waals surface area contributed by atoms with Crippen LogP contribution in [0.5, 0.6) is 0 Å². The molecule has 0 fully saturated rings. The minimum atomic E-state index is -3.83. The van der Waals surface area contributed by atoms with Crippen LogP contribution in [0.2, 0.25) is 0 Å². The van der Waals surface area contributed by atoms with Crippen LogP contribution < -0.4 is 0 Å². The number of nitrogens with zero attached hydrogens (tertiary/aromatic N) is 1. The van der Waals surface area contributed by atoms with Gasteiger partial charge in [-0.3, -0.25) is 4.79 Å². The fourth-order valence-electron chi connectivity index (χ4n) is 1.46. The molecule has 0 aromatic carbocycles. The second kappa shape index (κ2) is 4.29. The lowest BCUT2D eigenvalue weighted by atomic mass is 10.2. The van der Waals surface area contributed by atoms with Crippen LogP contribution in [0, 0.1) is 0 Å². The van der Waals surface area contributed by atoms with E-state index in [1.807, 2.05) is 0 Å². The molecule has 90 valence electrons. The zero-order chi connectivity index (χ0) is 12.6. The quantitative estimate of drug-likeness (QED) is 0.643. The number of halogens is 1. The molecule has 0 spiro atoms. The van der Waals surface area contributed by atoms with E-state index < -0.39 is 9.05 Å². The maximum atomic E-state index is 12.0. The van der Waals surface area contributed by atoms with Gasteiger partial charge in [-0.1, -0.05) is 6.07 Å². The molecule has 0 aliphatic rings. The SMILES string of the molecule is Cn1cc(C(=O)c2cccs2)cc1S(=O)(=O)Cl. The molecule has 7 heteroatoms. The summed E-state index contributed by atoms with van der Waals surface area (Å²) >= 11 is 1.31. The second-order valence-electron chi connectivity index (χ2n) is 3.42. The van der Waals surface area contributed by atoms with Crippen LogP contribution >= 0.6 is 22.0 Å². The predicted octanol–water partition coefficient (Wildman–Crippen LogP) is 2.25. The fraction of sp³-hybridized carbons (Fsp3) is 0.100. The molecule has 0 unspecified atom stereocenters. The summed E-state index contributed by atoms with van der Waals surface area (Å²) in [6, 6.07) is 4.74. The predicted molar refractivity (Wildman–Crippen MR) is 66.2 cm³/mol. The van der Waals surface area contributed by atoms with Gasteiger partial charge >= 0.3 is 0 Å². The first kappa shape index (κ1) is 12.3. The van der Waals surface area contributed by atoms with Gasteiger partial charge in [0, 0.05) is 29.5 Å². The molecule has 0 aliphatic carbocycles. The van der Waals surface area contributed by atoms with Gasteiger partial charge in [-0.25, -0.2) is 8.42 Å². The summed E-state index contributed by atoms with van der Waals surface area (Å²) in [6.45, 7) is 0. The maximum Gasteiger partial charge on any atom is 0.276 e. The van der Waals surface area contributed by atoms with Gasteiger partial charge in [-0.2, -0.15) is 0 Å². The van der Waals surface area contributed by atoms with Crippen molar-refractivity contribution >= 4 is 36.9 Å². The maximum absolute atomic E-state index is 12.0. The van der Waals surface area contributed by atoms with E-state index in [2.05, 4.69) is 0 Å². The number of ketones is 1. The van der Waals surface area contributed by atoms with Gasteiger partial charge in [0.2, 0.25) is 5.78 Å². The molecule has 0 amide bonds. The van der Waals surface area contributed by atoms with Crippen molar-refractivity contribution in [3.63, 3.8) is 0 Å². The van der Waals surface area contributed by atoms with Crippen LogP contribution in [-0.4, -0.2) is 18.8 Å². The van der Waals surface area contributed by atoms with Crippen molar-refractivity contribution in [2.75, 3.05) is 0 Å². The number of hydrogen-bond acceptors (Lipinski definition) is 4. The largest absolute Gasteiger partial charge is 0.340 e. The highest BCUT2D eigenvalue weighted by atomic mass is 35.7. The van der Waals surface area contributed by atoms with Crippen molar-refractivity contribution in [3.05, 3.63) is 40.2 Å². The second-order valence-corrected chi connectivity index (χ2v) is 6.88. The van der Waals surface area contributed by atoms with E-state index in [4.69, 9.17) is 10.7 Å². The molecular formula is C10H8ClNO3S2. The Hall–Kier alpha value is -1.11. The van der Waals surface area contributed by atoms with E-state index in [-0.39, 0.29) is 10.8 Å². The summed E-state index contributed by atoms with van der Waals surface area (Å²) in [5.74, 6) is -0.206. The molecule has 2 aromatic rings. The lowest BCUT2D eigenvalue weighted by Gasteiger charge is -1.95. The van der Waals surface area contributed by atoms with Gasteiger partial charge in [0.15, 0.2) is 5.03 Å². The summed E-state index contributed by atoms with van der Waals surface area (Å²) in [7, 11) is 2.95. The van der Waals surface area contributed by atoms with Gasteiger partial charge in [-0.05, 0) is 17.5 Å². The molecule has 4 nitrogen and oxygen atoms in total. The summed E-state index contributed by atoms with van der Waals surface area (Å²) in [5, 5.41) is 1.70. The van der Waals surface area contributed by atoms with Crippen LogP contribution in [0.1, 0.15) is 15.2 Å². The van der Waals surface area contributed by atoms with Crippen molar-refractivity contribution in [3.8, 4) is 0 Å². The normalized spacial score (nSPS) is 11.6. The molecule has 0 atom stereocenters. The van der Waals surface area contributed by atoms with Crippen molar-refractivity contribution in [1.29, 1.82) is 0 Å². The Morgan fingerprint density at radius 1 is 1.47 bits per heavy atom. The van der Waals surface area contributed by atoms with Gasteiger partial charge in [0.25, 0.3) is 9.05 Å². The monoisotopic (exact) mass is 289 g/mol. The van der Waals surface area contributed by atoms with Crippen molar-refractivity contribution < 1.29 is 13.2 Å². The number of carbonyl (C=O) groups is 1. The number of aryl methyl sites for hydroxylation is 1. The molecule has 0 N–H and O–H groups in total. The third-order valence-electron chi connectivity index (χ3n) is 2.22. The molecule has 0 aliphatic heterocycles. The number of aromatic nitrogens is 1. The van der Waals surface area contributed by atoms with Crippen molar-refractivity contribution in [2.24, 2.45) is 7.05 Å². The highest BCUT2D eigenvalue weighted by Crippen LogP contribution is 2.21. The average Bonchev–Trinajstić information content (AvgIpc) is 2.83. The third-order valence-corrected chi connectivity index (χ3v) is 4.46. The van der Waals surface area contributed by atoms with Crippen LogP contribution in [0.15, 0.2) is 34.8 Å². The average molecular weight is 290 g/mol. The molecule has 0 saturated heterocycles. The van der Waals surface area contributed by atoms with E-state index in [9.17, 15) is 13.2 Å². The first-order valence-electron chi connectivity index (χ1n) is 4.59. The minimum Gasteiger partial charge on any atom is -0.340 e. The van der Waals surface area contributed by atoms with Crippen LogP contribution in [0.25, 0.3) is 0 Å². The first-order chi connectivity index (χ1) is 7.89. The number of carbonyl (C=O) groups excluding carboxylic acids is 1. The van der Waals surface area contributed by atoms with Crippen molar-refractivity contribution in [2.45, 2.75) is 5.03 Å². The molecule has 2 heterocycles. The Labute approximate surface area is 107 Å². The lowest BCUT2D eigenvalue weighted by molar-refractivity contribution is 0.104. The summed E-state index contributed by atoms with van der Waals surface area (Å²) in [6.07, 6.45) is 1.46. The summed E-state index contributed by atoms with van der Waals surface area (Å²) in [5.41, 5.74) is 0.314. The standard InChI is InChI=1S/C10H8ClNO3S2/c1-12-6-7(5-9(12)17(11,14)15)10(13)8-3-2-4-16-8/h2-6H,1H3. The van der Waals surface area contributed by atoms with E-state index >= 15 is 0 Å². The first-order valence-corrected chi connectivity index (χ1v) is 7.78. The molecule has 0 bridgehead atoms. The van der Waals surface area contributed by atoms with Crippen LogP contribution in [-0.2, 0) is 16.1 Å². The smallest absolute Gasteiger partial charge is 0.276 e.